The molecule has 2 fully saturated rings. The maximum atomic E-state index is 12.6. The normalized spacial score (nSPS) is 18.9. The standard InChI is InChI=1S/C21H31N3O3/c1-14(2)27-19-6-4-5-17(13-19)15(3)22-21(26)24-11-9-16(10-12-24)20(25)23-18-7-8-18/h4-6,13-16,18H,7-12H2,1-3H3,(H,22,26)(H,23,25)/t15-/m1/s1. The molecule has 0 radical (unpaired) electrons. The Labute approximate surface area is 161 Å². The molecular weight excluding hydrogens is 342 g/mol. The van der Waals surface area contributed by atoms with Gasteiger partial charge in [-0.25, -0.2) is 4.79 Å². The van der Waals surface area contributed by atoms with Crippen molar-refractivity contribution in [3.05, 3.63) is 29.8 Å². The highest BCUT2D eigenvalue weighted by molar-refractivity contribution is 5.80. The molecule has 1 aromatic carbocycles. The van der Waals surface area contributed by atoms with Gasteiger partial charge in [0, 0.05) is 25.0 Å². The second-order valence-electron chi connectivity index (χ2n) is 7.95. The number of piperidine rings is 1. The smallest absolute Gasteiger partial charge is 0.317 e. The molecule has 3 amide bonds. The van der Waals surface area contributed by atoms with E-state index in [0.29, 0.717) is 19.1 Å². The summed E-state index contributed by atoms with van der Waals surface area (Å²) in [5.74, 6) is 1.01. The lowest BCUT2D eigenvalue weighted by atomic mass is 9.96. The van der Waals surface area contributed by atoms with Gasteiger partial charge in [-0.2, -0.15) is 0 Å². The highest BCUT2D eigenvalue weighted by Crippen LogP contribution is 2.24. The van der Waals surface area contributed by atoms with E-state index in [2.05, 4.69) is 10.6 Å². The largest absolute Gasteiger partial charge is 0.491 e. The van der Waals surface area contributed by atoms with Crippen LogP contribution in [0, 0.1) is 5.92 Å². The summed E-state index contributed by atoms with van der Waals surface area (Å²) in [4.78, 5) is 26.6. The summed E-state index contributed by atoms with van der Waals surface area (Å²) in [6, 6.07) is 8.05. The second-order valence-corrected chi connectivity index (χ2v) is 7.95. The lowest BCUT2D eigenvalue weighted by Gasteiger charge is -2.32. The van der Waals surface area contributed by atoms with Gasteiger partial charge in [0.25, 0.3) is 0 Å². The number of nitrogens with one attached hydrogen (secondary N) is 2. The molecule has 1 saturated carbocycles. The van der Waals surface area contributed by atoms with Crippen molar-refractivity contribution in [2.24, 2.45) is 5.92 Å². The van der Waals surface area contributed by atoms with Gasteiger partial charge in [-0.1, -0.05) is 12.1 Å². The van der Waals surface area contributed by atoms with Gasteiger partial charge < -0.3 is 20.3 Å². The van der Waals surface area contributed by atoms with Crippen LogP contribution in [0.3, 0.4) is 0 Å². The Bertz CT molecular complexity index is 664. The average molecular weight is 373 g/mol. The molecule has 1 saturated heterocycles. The van der Waals surface area contributed by atoms with E-state index in [1.165, 1.54) is 0 Å². The van der Waals surface area contributed by atoms with Crippen molar-refractivity contribution < 1.29 is 14.3 Å². The molecule has 0 unspecified atom stereocenters. The van der Waals surface area contributed by atoms with Gasteiger partial charge in [-0.3, -0.25) is 4.79 Å². The molecule has 2 aliphatic rings. The van der Waals surface area contributed by atoms with Crippen molar-refractivity contribution in [1.29, 1.82) is 0 Å². The van der Waals surface area contributed by atoms with Crippen LogP contribution in [0.4, 0.5) is 4.79 Å². The number of hydrogen-bond acceptors (Lipinski definition) is 3. The van der Waals surface area contributed by atoms with E-state index in [4.69, 9.17) is 4.74 Å². The lowest BCUT2D eigenvalue weighted by molar-refractivity contribution is -0.126. The van der Waals surface area contributed by atoms with Crippen molar-refractivity contribution in [3.8, 4) is 5.75 Å². The summed E-state index contributed by atoms with van der Waals surface area (Å²) in [6.07, 6.45) is 3.79. The molecule has 1 aromatic rings. The third-order valence-corrected chi connectivity index (χ3v) is 5.15. The highest BCUT2D eigenvalue weighted by Gasteiger charge is 2.31. The van der Waals surface area contributed by atoms with E-state index in [1.807, 2.05) is 49.9 Å². The van der Waals surface area contributed by atoms with Crippen molar-refractivity contribution in [3.63, 3.8) is 0 Å². The van der Waals surface area contributed by atoms with Crippen LogP contribution >= 0.6 is 0 Å². The molecule has 0 aromatic heterocycles. The van der Waals surface area contributed by atoms with Gasteiger partial charge in [0.2, 0.25) is 5.91 Å². The molecule has 27 heavy (non-hydrogen) atoms. The van der Waals surface area contributed by atoms with Gasteiger partial charge in [0.15, 0.2) is 0 Å². The van der Waals surface area contributed by atoms with Crippen LogP contribution in [0.25, 0.3) is 0 Å². The fraction of sp³-hybridized carbons (Fsp3) is 0.619. The van der Waals surface area contributed by atoms with E-state index in [1.54, 1.807) is 0 Å². The zero-order valence-corrected chi connectivity index (χ0v) is 16.5. The minimum absolute atomic E-state index is 0.0388. The Balaban J connectivity index is 1.48. The van der Waals surface area contributed by atoms with Crippen molar-refractivity contribution in [2.45, 2.75) is 64.6 Å². The number of amides is 3. The molecule has 3 rings (SSSR count). The van der Waals surface area contributed by atoms with Crippen LogP contribution in [0.2, 0.25) is 0 Å². The molecule has 1 heterocycles. The number of carbonyl (C=O) groups is 2. The zero-order valence-electron chi connectivity index (χ0n) is 16.5. The van der Waals surface area contributed by atoms with E-state index in [9.17, 15) is 9.59 Å². The molecule has 0 spiro atoms. The van der Waals surface area contributed by atoms with Crippen molar-refractivity contribution >= 4 is 11.9 Å². The van der Waals surface area contributed by atoms with Crippen LogP contribution < -0.4 is 15.4 Å². The lowest BCUT2D eigenvalue weighted by Crippen LogP contribution is -2.47. The summed E-state index contributed by atoms with van der Waals surface area (Å²) in [7, 11) is 0. The van der Waals surface area contributed by atoms with E-state index >= 15 is 0 Å². The molecular formula is C21H31N3O3. The minimum atomic E-state index is -0.107. The van der Waals surface area contributed by atoms with Gasteiger partial charge >= 0.3 is 6.03 Å². The first-order chi connectivity index (χ1) is 12.9. The van der Waals surface area contributed by atoms with Crippen LogP contribution in [-0.4, -0.2) is 42.1 Å². The predicted molar refractivity (Wildman–Crippen MR) is 105 cm³/mol. The predicted octanol–water partition coefficient (Wildman–Crippen LogP) is 3.24. The summed E-state index contributed by atoms with van der Waals surface area (Å²) < 4.78 is 5.73. The molecule has 0 bridgehead atoms. The average Bonchev–Trinajstić information content (AvgIpc) is 3.45. The number of carbonyl (C=O) groups excluding carboxylic acids is 2. The molecule has 1 aliphatic heterocycles. The third-order valence-electron chi connectivity index (χ3n) is 5.15. The highest BCUT2D eigenvalue weighted by atomic mass is 16.5. The van der Waals surface area contributed by atoms with Gasteiger partial charge in [-0.05, 0) is 64.2 Å². The Hall–Kier alpha value is -2.24. The van der Waals surface area contributed by atoms with Crippen LogP contribution in [0.15, 0.2) is 24.3 Å². The first-order valence-electron chi connectivity index (χ1n) is 10.0. The fourth-order valence-corrected chi connectivity index (χ4v) is 3.38. The topological polar surface area (TPSA) is 70.7 Å². The van der Waals surface area contributed by atoms with Crippen LogP contribution in [-0.2, 0) is 4.79 Å². The quantitative estimate of drug-likeness (QED) is 0.804. The summed E-state index contributed by atoms with van der Waals surface area (Å²) in [5, 5.41) is 6.13. The first kappa shape index (κ1) is 19.5. The second kappa shape index (κ2) is 8.63. The summed E-state index contributed by atoms with van der Waals surface area (Å²) >= 11 is 0. The Morgan fingerprint density at radius 1 is 1.11 bits per heavy atom. The van der Waals surface area contributed by atoms with Crippen molar-refractivity contribution in [1.82, 2.24) is 15.5 Å². The SMILES string of the molecule is CC(C)Oc1cccc([C@@H](C)NC(=O)N2CCC(C(=O)NC3CC3)CC2)c1. The molecule has 1 atom stereocenters. The zero-order chi connectivity index (χ0) is 19.4. The molecule has 2 N–H and O–H groups in total. The van der Waals surface area contributed by atoms with Crippen LogP contribution in [0.1, 0.15) is 58.1 Å². The molecule has 1 aliphatic carbocycles. The molecule has 6 heteroatoms. The number of likely N-dealkylation sites (tertiary alicyclic amines) is 1. The Morgan fingerprint density at radius 3 is 2.44 bits per heavy atom. The van der Waals surface area contributed by atoms with Crippen LogP contribution in [0.5, 0.6) is 5.75 Å². The van der Waals surface area contributed by atoms with Crippen molar-refractivity contribution in [2.75, 3.05) is 13.1 Å². The maximum Gasteiger partial charge on any atom is 0.317 e. The van der Waals surface area contributed by atoms with Gasteiger partial charge in [0.1, 0.15) is 5.75 Å². The minimum Gasteiger partial charge on any atom is -0.491 e. The number of urea groups is 1. The number of ether oxygens (including phenoxy) is 1. The Morgan fingerprint density at radius 2 is 1.81 bits per heavy atom. The third kappa shape index (κ3) is 5.62. The van der Waals surface area contributed by atoms with Gasteiger partial charge in [0.05, 0.1) is 12.1 Å². The van der Waals surface area contributed by atoms with E-state index in [0.717, 1.165) is 37.0 Å². The molecule has 6 nitrogen and oxygen atoms in total. The number of hydrogen-bond donors (Lipinski definition) is 2. The van der Waals surface area contributed by atoms with E-state index < -0.39 is 0 Å². The summed E-state index contributed by atoms with van der Waals surface area (Å²) in [5.41, 5.74) is 1.01. The monoisotopic (exact) mass is 373 g/mol. The fourth-order valence-electron chi connectivity index (χ4n) is 3.38. The van der Waals surface area contributed by atoms with Gasteiger partial charge in [-0.15, -0.1) is 0 Å². The number of nitrogens with zero attached hydrogens (tertiary/aromatic N) is 1. The Kier molecular flexibility index (Phi) is 6.24. The maximum absolute atomic E-state index is 12.6. The number of rotatable bonds is 6. The number of benzene rings is 1. The summed E-state index contributed by atoms with van der Waals surface area (Å²) in [6.45, 7) is 7.21. The molecule has 148 valence electrons. The van der Waals surface area contributed by atoms with E-state index in [-0.39, 0.29) is 30.0 Å². The first-order valence-corrected chi connectivity index (χ1v) is 10.0.